The van der Waals surface area contributed by atoms with Crippen molar-refractivity contribution in [2.24, 2.45) is 0 Å². The van der Waals surface area contributed by atoms with Crippen molar-refractivity contribution in [3.63, 3.8) is 0 Å². The van der Waals surface area contributed by atoms with E-state index in [0.717, 1.165) is 0 Å². The van der Waals surface area contributed by atoms with E-state index in [9.17, 15) is 9.59 Å². The lowest BCUT2D eigenvalue weighted by Gasteiger charge is -2.21. The fourth-order valence-corrected chi connectivity index (χ4v) is 4.59. The number of thiazole rings is 1. The monoisotopic (exact) mass is 522 g/mol. The van der Waals surface area contributed by atoms with Crippen molar-refractivity contribution in [3.8, 4) is 16.9 Å². The number of carbonyl (C=O) groups is 2. The molecule has 0 radical (unpaired) electrons. The minimum absolute atomic E-state index is 0.0627. The Kier molecular flexibility index (Phi) is 7.06. The normalized spacial score (nSPS) is 14.9. The average molecular weight is 523 g/mol. The first-order valence-corrected chi connectivity index (χ1v) is 12.2. The third-order valence-electron chi connectivity index (χ3n) is 5.43. The highest BCUT2D eigenvalue weighted by atomic mass is 35.5. The number of hydrogen-bond acceptors (Lipinski definition) is 6. The van der Waals surface area contributed by atoms with Gasteiger partial charge in [0.25, 0.3) is 5.91 Å². The third kappa shape index (κ3) is 5.01. The number of pyridine rings is 1. The Hall–Kier alpha value is -2.75. The molecule has 3 aromatic rings. The molecule has 1 saturated carbocycles. The molecule has 1 aliphatic carbocycles. The smallest absolute Gasteiger partial charge is 0.263 e. The Labute approximate surface area is 209 Å². The molecule has 2 amide bonds. The van der Waals surface area contributed by atoms with E-state index in [1.165, 1.54) is 29.8 Å². The summed E-state index contributed by atoms with van der Waals surface area (Å²) in [6.45, 7) is 3.81. The second-order valence-electron chi connectivity index (χ2n) is 7.89. The fraction of sp³-hybridized carbons (Fsp3) is 0.304. The second kappa shape index (κ2) is 9.85. The average Bonchev–Trinajstić information content (AvgIpc) is 3.36. The van der Waals surface area contributed by atoms with Crippen LogP contribution in [0.3, 0.4) is 0 Å². The number of amides is 2. The molecule has 1 atom stereocenters. The maximum Gasteiger partial charge on any atom is 0.263 e. The van der Waals surface area contributed by atoms with Gasteiger partial charge in [-0.25, -0.2) is 4.39 Å². The molecule has 0 saturated heterocycles. The van der Waals surface area contributed by atoms with Crippen LogP contribution >= 0.6 is 34.5 Å². The minimum Gasteiger partial charge on any atom is -0.492 e. The van der Waals surface area contributed by atoms with Gasteiger partial charge in [-0.2, -0.15) is 0 Å². The van der Waals surface area contributed by atoms with Gasteiger partial charge in [0.05, 0.1) is 35.1 Å². The molecule has 2 heterocycles. The van der Waals surface area contributed by atoms with Crippen LogP contribution in [0.1, 0.15) is 48.1 Å². The molecule has 0 spiro atoms. The van der Waals surface area contributed by atoms with Crippen molar-refractivity contribution in [2.45, 2.75) is 38.3 Å². The first-order chi connectivity index (χ1) is 16.2. The van der Waals surface area contributed by atoms with Crippen LogP contribution in [0.5, 0.6) is 5.75 Å². The highest BCUT2D eigenvalue weighted by Crippen LogP contribution is 2.40. The van der Waals surface area contributed by atoms with Crippen LogP contribution in [0.4, 0.5) is 4.39 Å². The van der Waals surface area contributed by atoms with Gasteiger partial charge >= 0.3 is 0 Å². The first-order valence-electron chi connectivity index (χ1n) is 10.5. The van der Waals surface area contributed by atoms with E-state index >= 15 is 4.39 Å². The van der Waals surface area contributed by atoms with Crippen LogP contribution in [0.25, 0.3) is 11.1 Å². The topological polar surface area (TPSA) is 93.2 Å². The molecule has 178 valence electrons. The maximum atomic E-state index is 15.1. The van der Waals surface area contributed by atoms with Crippen LogP contribution in [0.15, 0.2) is 36.1 Å². The number of benzene rings is 1. The van der Waals surface area contributed by atoms with Gasteiger partial charge in [0.1, 0.15) is 22.0 Å². The summed E-state index contributed by atoms with van der Waals surface area (Å²) in [6, 6.07) is 3.75. The van der Waals surface area contributed by atoms with E-state index in [4.69, 9.17) is 27.9 Å². The molecule has 1 aliphatic rings. The molecular formula is C23H21Cl2FN4O3S. The zero-order valence-corrected chi connectivity index (χ0v) is 20.7. The molecule has 0 aliphatic heterocycles. The van der Waals surface area contributed by atoms with E-state index in [-0.39, 0.29) is 17.5 Å². The van der Waals surface area contributed by atoms with Gasteiger partial charge in [-0.05, 0) is 44.9 Å². The predicted octanol–water partition coefficient (Wildman–Crippen LogP) is 5.19. The first kappa shape index (κ1) is 24.4. The molecule has 1 aromatic carbocycles. The summed E-state index contributed by atoms with van der Waals surface area (Å²) in [5.74, 6) is -0.969. The van der Waals surface area contributed by atoms with Crippen molar-refractivity contribution in [2.75, 3.05) is 6.61 Å². The lowest BCUT2D eigenvalue weighted by atomic mass is 10.0. The molecule has 2 aromatic heterocycles. The number of aromatic nitrogens is 2. The van der Waals surface area contributed by atoms with E-state index in [1.54, 1.807) is 24.6 Å². The standard InChI is InChI=1S/C23H21Cl2FN4O3S/c1-3-33-20-15(7-14(24)8-16(20)25)13-6-17(26)19(28-9-13)12(2)29-22(32)23(4-5-23)30-21(31)18-10-27-11-34-18/h6-12H,3-5H2,1-2H3,(H,29,32)(H,30,31)/t12-/m1/s1. The highest BCUT2D eigenvalue weighted by Gasteiger charge is 2.51. The number of halogens is 3. The summed E-state index contributed by atoms with van der Waals surface area (Å²) in [6.07, 6.45) is 3.92. The van der Waals surface area contributed by atoms with Crippen LogP contribution < -0.4 is 15.4 Å². The highest BCUT2D eigenvalue weighted by molar-refractivity contribution is 7.11. The lowest BCUT2D eigenvalue weighted by molar-refractivity contribution is -0.124. The van der Waals surface area contributed by atoms with Crippen molar-refractivity contribution in [3.05, 3.63) is 62.5 Å². The van der Waals surface area contributed by atoms with Crippen LogP contribution in [-0.4, -0.2) is 33.9 Å². The molecule has 2 N–H and O–H groups in total. The Morgan fingerprint density at radius 3 is 2.65 bits per heavy atom. The lowest BCUT2D eigenvalue weighted by Crippen LogP contribution is -2.49. The van der Waals surface area contributed by atoms with Gasteiger partial charge in [0, 0.05) is 22.3 Å². The van der Waals surface area contributed by atoms with Crippen molar-refractivity contribution < 1.29 is 18.7 Å². The summed E-state index contributed by atoms with van der Waals surface area (Å²) < 4.78 is 20.7. The number of rotatable bonds is 8. The Balaban J connectivity index is 1.50. The number of ether oxygens (including phenoxy) is 1. The predicted molar refractivity (Wildman–Crippen MR) is 129 cm³/mol. The molecule has 1 fully saturated rings. The quantitative estimate of drug-likeness (QED) is 0.424. The molecule has 11 heteroatoms. The Bertz CT molecular complexity index is 1240. The summed E-state index contributed by atoms with van der Waals surface area (Å²) in [5.41, 5.74) is 1.55. The van der Waals surface area contributed by atoms with E-state index in [1.807, 2.05) is 6.92 Å². The van der Waals surface area contributed by atoms with E-state index in [2.05, 4.69) is 20.6 Å². The zero-order valence-electron chi connectivity index (χ0n) is 18.3. The van der Waals surface area contributed by atoms with E-state index < -0.39 is 17.4 Å². The number of nitrogens with one attached hydrogen (secondary N) is 2. The SMILES string of the molecule is CCOc1c(Cl)cc(Cl)cc1-c1cnc([C@@H](C)NC(=O)C2(NC(=O)c3cncs3)CC2)c(F)c1. The van der Waals surface area contributed by atoms with Crippen molar-refractivity contribution >= 4 is 46.4 Å². The minimum atomic E-state index is -1.00. The van der Waals surface area contributed by atoms with Gasteiger partial charge in [0.15, 0.2) is 0 Å². The molecular weight excluding hydrogens is 502 g/mol. The fourth-order valence-electron chi connectivity index (χ4n) is 3.52. The molecule has 0 bridgehead atoms. The van der Waals surface area contributed by atoms with Gasteiger partial charge in [-0.1, -0.05) is 23.2 Å². The molecule has 7 nitrogen and oxygen atoms in total. The van der Waals surface area contributed by atoms with E-state index in [0.29, 0.717) is 51.2 Å². The molecule has 4 rings (SSSR count). The number of carbonyl (C=O) groups excluding carboxylic acids is 2. The van der Waals surface area contributed by atoms with Crippen LogP contribution in [0, 0.1) is 5.82 Å². The largest absolute Gasteiger partial charge is 0.492 e. The number of hydrogen-bond donors (Lipinski definition) is 2. The van der Waals surface area contributed by atoms with Crippen LogP contribution in [-0.2, 0) is 4.79 Å². The summed E-state index contributed by atoms with van der Waals surface area (Å²) in [4.78, 5) is 33.8. The maximum absolute atomic E-state index is 15.1. The number of nitrogens with zero attached hydrogens (tertiary/aromatic N) is 2. The zero-order chi connectivity index (χ0) is 24.5. The van der Waals surface area contributed by atoms with Gasteiger partial charge in [-0.15, -0.1) is 11.3 Å². The Morgan fingerprint density at radius 2 is 2.03 bits per heavy atom. The van der Waals surface area contributed by atoms with Crippen molar-refractivity contribution in [1.82, 2.24) is 20.6 Å². The molecule has 34 heavy (non-hydrogen) atoms. The Morgan fingerprint density at radius 1 is 1.26 bits per heavy atom. The van der Waals surface area contributed by atoms with Crippen LogP contribution in [0.2, 0.25) is 10.0 Å². The second-order valence-corrected chi connectivity index (χ2v) is 9.62. The summed E-state index contributed by atoms with van der Waals surface area (Å²) >= 11 is 13.6. The van der Waals surface area contributed by atoms with Crippen molar-refractivity contribution in [1.29, 1.82) is 0 Å². The van der Waals surface area contributed by atoms with Gasteiger partial charge in [-0.3, -0.25) is 19.6 Å². The molecule has 0 unspecified atom stereocenters. The summed E-state index contributed by atoms with van der Waals surface area (Å²) in [7, 11) is 0. The van der Waals surface area contributed by atoms with Gasteiger partial charge < -0.3 is 15.4 Å². The summed E-state index contributed by atoms with van der Waals surface area (Å²) in [5, 5.41) is 6.22. The van der Waals surface area contributed by atoms with Gasteiger partial charge in [0.2, 0.25) is 5.91 Å². The third-order valence-corrected chi connectivity index (χ3v) is 6.70.